The molecule has 1 aromatic heterocycles. The smallest absolute Gasteiger partial charge is 0.433 e. The van der Waals surface area contributed by atoms with Crippen molar-refractivity contribution in [2.45, 2.75) is 33.5 Å². The summed E-state index contributed by atoms with van der Waals surface area (Å²) in [4.78, 5) is 18.1. The van der Waals surface area contributed by atoms with E-state index in [9.17, 15) is 18.0 Å². The molecule has 0 radical (unpaired) electrons. The summed E-state index contributed by atoms with van der Waals surface area (Å²) in [5, 5.41) is 2.73. The van der Waals surface area contributed by atoms with Crippen LogP contribution in [0.15, 0.2) is 36.4 Å². The van der Waals surface area contributed by atoms with E-state index in [0.29, 0.717) is 12.4 Å². The van der Waals surface area contributed by atoms with Crippen LogP contribution >= 0.6 is 0 Å². The zero-order chi connectivity index (χ0) is 21.4. The Morgan fingerprint density at radius 2 is 1.83 bits per heavy atom. The molecule has 1 N–H and O–H groups in total. The predicted molar refractivity (Wildman–Crippen MR) is 105 cm³/mol. The highest BCUT2D eigenvalue weighted by atomic mass is 19.4. The summed E-state index contributed by atoms with van der Waals surface area (Å²) < 4.78 is 44.1. The molecule has 2 rings (SSSR count). The number of alkyl halides is 3. The molecule has 0 aliphatic heterocycles. The minimum atomic E-state index is -4.54. The summed E-state index contributed by atoms with van der Waals surface area (Å²) in [5.74, 6) is 0.184. The van der Waals surface area contributed by atoms with Gasteiger partial charge in [-0.25, -0.2) is 4.98 Å². The van der Waals surface area contributed by atoms with Crippen LogP contribution < -0.4 is 10.1 Å². The van der Waals surface area contributed by atoms with Gasteiger partial charge in [0.25, 0.3) is 5.91 Å². The number of hydrogen-bond donors (Lipinski definition) is 1. The van der Waals surface area contributed by atoms with Crippen molar-refractivity contribution < 1.29 is 22.7 Å². The van der Waals surface area contributed by atoms with Crippen LogP contribution in [0.5, 0.6) is 5.75 Å². The first kappa shape index (κ1) is 22.7. The lowest BCUT2D eigenvalue weighted by Gasteiger charge is -2.19. The molecule has 158 valence electrons. The van der Waals surface area contributed by atoms with Gasteiger partial charge in [0.15, 0.2) is 0 Å². The number of nitrogens with one attached hydrogen (secondary N) is 1. The standard InChI is InChI=1S/C21H26F3N3O2/c1-4-27(5-2)12-13-29-18-9-7-6-8-16(18)14-25-20(28)17-10-11-19(21(22,23)24)26-15(17)3/h6-11H,4-5,12-14H2,1-3H3,(H,25,28). The number of likely N-dealkylation sites (N-methyl/N-ethyl adjacent to an activating group) is 1. The number of ether oxygens (including phenoxy) is 1. The maximum atomic E-state index is 12.7. The number of rotatable bonds is 9. The van der Waals surface area contributed by atoms with E-state index in [1.54, 1.807) is 0 Å². The highest BCUT2D eigenvalue weighted by Crippen LogP contribution is 2.28. The summed E-state index contributed by atoms with van der Waals surface area (Å²) >= 11 is 0. The van der Waals surface area contributed by atoms with Gasteiger partial charge < -0.3 is 15.0 Å². The van der Waals surface area contributed by atoms with Crippen molar-refractivity contribution in [2.75, 3.05) is 26.2 Å². The lowest BCUT2D eigenvalue weighted by atomic mass is 10.1. The van der Waals surface area contributed by atoms with Gasteiger partial charge in [0.2, 0.25) is 0 Å². The Labute approximate surface area is 168 Å². The van der Waals surface area contributed by atoms with Gasteiger partial charge >= 0.3 is 6.18 Å². The first-order valence-electron chi connectivity index (χ1n) is 9.52. The van der Waals surface area contributed by atoms with Gasteiger partial charge in [-0.05, 0) is 38.2 Å². The van der Waals surface area contributed by atoms with E-state index in [1.807, 2.05) is 24.3 Å². The van der Waals surface area contributed by atoms with Crippen LogP contribution in [0, 0.1) is 6.92 Å². The van der Waals surface area contributed by atoms with Crippen LogP contribution in [0.2, 0.25) is 0 Å². The van der Waals surface area contributed by atoms with Crippen molar-refractivity contribution in [3.8, 4) is 5.75 Å². The van der Waals surface area contributed by atoms with Crippen molar-refractivity contribution in [3.05, 3.63) is 58.9 Å². The molecular weight excluding hydrogens is 383 g/mol. The minimum absolute atomic E-state index is 0.0288. The molecule has 0 unspecified atom stereocenters. The number of aromatic nitrogens is 1. The van der Waals surface area contributed by atoms with Gasteiger partial charge in [0.1, 0.15) is 18.1 Å². The molecule has 0 fully saturated rings. The van der Waals surface area contributed by atoms with Crippen molar-refractivity contribution in [1.29, 1.82) is 0 Å². The predicted octanol–water partition coefficient (Wildman–Crippen LogP) is 4.06. The number of carbonyl (C=O) groups is 1. The summed E-state index contributed by atoms with van der Waals surface area (Å²) in [6.45, 7) is 8.96. The number of pyridine rings is 1. The number of benzene rings is 1. The molecule has 0 aliphatic carbocycles. The van der Waals surface area contributed by atoms with Crippen LogP contribution in [-0.2, 0) is 12.7 Å². The lowest BCUT2D eigenvalue weighted by Crippen LogP contribution is -2.28. The Kier molecular flexibility index (Phi) is 8.01. The fraction of sp³-hybridized carbons (Fsp3) is 0.429. The fourth-order valence-electron chi connectivity index (χ4n) is 2.84. The molecule has 0 atom stereocenters. The molecule has 0 aliphatic rings. The largest absolute Gasteiger partial charge is 0.492 e. The summed E-state index contributed by atoms with van der Waals surface area (Å²) in [6.07, 6.45) is -4.54. The molecule has 0 spiro atoms. The van der Waals surface area contributed by atoms with Crippen LogP contribution in [0.25, 0.3) is 0 Å². The fourth-order valence-corrected chi connectivity index (χ4v) is 2.84. The normalized spacial score (nSPS) is 11.6. The van der Waals surface area contributed by atoms with Gasteiger partial charge in [-0.1, -0.05) is 32.0 Å². The molecule has 8 heteroatoms. The second kappa shape index (κ2) is 10.2. The molecule has 1 heterocycles. The number of hydrogen-bond acceptors (Lipinski definition) is 4. The molecule has 1 amide bonds. The van der Waals surface area contributed by atoms with Crippen LogP contribution in [-0.4, -0.2) is 42.0 Å². The summed E-state index contributed by atoms with van der Waals surface area (Å²) in [7, 11) is 0. The Hall–Kier alpha value is -2.61. The molecule has 2 aromatic rings. The van der Waals surface area contributed by atoms with Gasteiger partial charge in [0, 0.05) is 18.7 Å². The minimum Gasteiger partial charge on any atom is -0.492 e. The van der Waals surface area contributed by atoms with E-state index in [0.717, 1.165) is 37.3 Å². The van der Waals surface area contributed by atoms with E-state index in [4.69, 9.17) is 4.74 Å². The molecule has 29 heavy (non-hydrogen) atoms. The molecule has 1 aromatic carbocycles. The van der Waals surface area contributed by atoms with Crippen LogP contribution in [0.4, 0.5) is 13.2 Å². The van der Waals surface area contributed by atoms with Crippen LogP contribution in [0.3, 0.4) is 0 Å². The maximum Gasteiger partial charge on any atom is 0.433 e. The highest BCUT2D eigenvalue weighted by molar-refractivity contribution is 5.95. The zero-order valence-corrected chi connectivity index (χ0v) is 16.8. The third-order valence-electron chi connectivity index (χ3n) is 4.59. The number of amides is 1. The summed E-state index contributed by atoms with van der Waals surface area (Å²) in [6, 6.07) is 9.31. The molecule has 5 nitrogen and oxygen atoms in total. The lowest BCUT2D eigenvalue weighted by molar-refractivity contribution is -0.141. The Morgan fingerprint density at radius 3 is 2.45 bits per heavy atom. The molecule has 0 bridgehead atoms. The highest BCUT2D eigenvalue weighted by Gasteiger charge is 2.33. The van der Waals surface area contributed by atoms with E-state index in [1.165, 1.54) is 6.92 Å². The monoisotopic (exact) mass is 409 g/mol. The van der Waals surface area contributed by atoms with Crippen molar-refractivity contribution >= 4 is 5.91 Å². The maximum absolute atomic E-state index is 12.7. The van der Waals surface area contributed by atoms with E-state index < -0.39 is 17.8 Å². The topological polar surface area (TPSA) is 54.5 Å². The Bertz CT molecular complexity index is 821. The Balaban J connectivity index is 2.00. The number of nitrogens with zero attached hydrogens (tertiary/aromatic N) is 2. The second-order valence-corrected chi connectivity index (χ2v) is 6.49. The van der Waals surface area contributed by atoms with E-state index in [-0.39, 0.29) is 17.8 Å². The number of aryl methyl sites for hydroxylation is 1. The number of para-hydroxylation sites is 1. The SMILES string of the molecule is CCN(CC)CCOc1ccccc1CNC(=O)c1ccc(C(F)(F)F)nc1C. The average Bonchev–Trinajstić information content (AvgIpc) is 2.69. The first-order valence-corrected chi connectivity index (χ1v) is 9.52. The summed E-state index contributed by atoms with van der Waals surface area (Å²) in [5.41, 5.74) is -0.0876. The van der Waals surface area contributed by atoms with Gasteiger partial charge in [-0.2, -0.15) is 13.2 Å². The molecule has 0 saturated carbocycles. The van der Waals surface area contributed by atoms with Gasteiger partial charge in [-0.15, -0.1) is 0 Å². The number of carbonyl (C=O) groups excluding carboxylic acids is 1. The van der Waals surface area contributed by atoms with Crippen molar-refractivity contribution in [2.24, 2.45) is 0 Å². The number of halogens is 3. The van der Waals surface area contributed by atoms with E-state index >= 15 is 0 Å². The average molecular weight is 409 g/mol. The third kappa shape index (κ3) is 6.45. The van der Waals surface area contributed by atoms with Crippen molar-refractivity contribution in [1.82, 2.24) is 15.2 Å². The zero-order valence-electron chi connectivity index (χ0n) is 16.8. The molecule has 0 saturated heterocycles. The second-order valence-electron chi connectivity index (χ2n) is 6.49. The van der Waals surface area contributed by atoms with E-state index in [2.05, 4.69) is 29.0 Å². The Morgan fingerprint density at radius 1 is 1.14 bits per heavy atom. The van der Waals surface area contributed by atoms with Gasteiger partial charge in [0.05, 0.1) is 11.3 Å². The quantitative estimate of drug-likeness (QED) is 0.679. The molecular formula is C21H26F3N3O2. The third-order valence-corrected chi connectivity index (χ3v) is 4.59. The van der Waals surface area contributed by atoms with Crippen molar-refractivity contribution in [3.63, 3.8) is 0 Å². The van der Waals surface area contributed by atoms with Gasteiger partial charge in [-0.3, -0.25) is 4.79 Å². The van der Waals surface area contributed by atoms with Crippen LogP contribution in [0.1, 0.15) is 41.2 Å². The first-order chi connectivity index (χ1) is 13.8.